The second-order valence-corrected chi connectivity index (χ2v) is 1.39. The van der Waals surface area contributed by atoms with E-state index in [9.17, 15) is 0 Å². The number of nitriles is 1. The summed E-state index contributed by atoms with van der Waals surface area (Å²) in [5.74, 6) is 0. The summed E-state index contributed by atoms with van der Waals surface area (Å²) in [7, 11) is 0. The summed E-state index contributed by atoms with van der Waals surface area (Å²) in [5.41, 5.74) is 0.590. The maximum atomic E-state index is 8.26. The minimum Gasteiger partial charge on any atom is -0.192 e. The minimum absolute atomic E-state index is 0. The van der Waals surface area contributed by atoms with Crippen LogP contribution in [0.2, 0.25) is 0 Å². The van der Waals surface area contributed by atoms with Crippen molar-refractivity contribution in [2.45, 2.75) is 0 Å². The van der Waals surface area contributed by atoms with Gasteiger partial charge in [-0.15, -0.1) is 12.4 Å². The molecule has 1 aromatic rings. The smallest absolute Gasteiger partial charge is 0.0998 e. The SMILES string of the molecule is Cl.N#Cc1[c]cccc1. The van der Waals surface area contributed by atoms with Crippen molar-refractivity contribution < 1.29 is 0 Å². The minimum atomic E-state index is 0. The van der Waals surface area contributed by atoms with Gasteiger partial charge in [0.25, 0.3) is 0 Å². The lowest BCUT2D eigenvalue weighted by Crippen LogP contribution is -1.67. The maximum Gasteiger partial charge on any atom is 0.0998 e. The Kier molecular flexibility index (Phi) is 3.50. The third-order valence-corrected chi connectivity index (χ3v) is 0.830. The van der Waals surface area contributed by atoms with E-state index in [1.54, 1.807) is 12.1 Å². The molecule has 0 aliphatic rings. The first-order valence-corrected chi connectivity index (χ1v) is 2.30. The van der Waals surface area contributed by atoms with Crippen molar-refractivity contribution in [3.63, 3.8) is 0 Å². The molecule has 9 heavy (non-hydrogen) atoms. The van der Waals surface area contributed by atoms with Gasteiger partial charge in [-0.1, -0.05) is 18.2 Å². The van der Waals surface area contributed by atoms with Crippen LogP contribution in [0.3, 0.4) is 0 Å². The second kappa shape index (κ2) is 3.94. The van der Waals surface area contributed by atoms with Crippen LogP contribution in [0, 0.1) is 17.4 Å². The van der Waals surface area contributed by atoms with Crippen LogP contribution >= 0.6 is 12.4 Å². The summed E-state index contributed by atoms with van der Waals surface area (Å²) < 4.78 is 0. The van der Waals surface area contributed by atoms with Crippen LogP contribution in [0.15, 0.2) is 24.3 Å². The lowest BCUT2D eigenvalue weighted by atomic mass is 10.2. The van der Waals surface area contributed by atoms with Crippen molar-refractivity contribution in [3.05, 3.63) is 35.9 Å². The van der Waals surface area contributed by atoms with Crippen LogP contribution in [-0.4, -0.2) is 0 Å². The quantitative estimate of drug-likeness (QED) is 0.536. The van der Waals surface area contributed by atoms with Gasteiger partial charge < -0.3 is 0 Å². The Balaban J connectivity index is 0.000000640. The first-order chi connectivity index (χ1) is 3.93. The second-order valence-electron chi connectivity index (χ2n) is 1.39. The molecule has 45 valence electrons. The zero-order chi connectivity index (χ0) is 5.82. The third kappa shape index (κ3) is 2.16. The number of halogens is 1. The molecule has 1 nitrogen and oxygen atoms in total. The number of benzene rings is 1. The predicted octanol–water partition coefficient (Wildman–Crippen LogP) is 1.78. The van der Waals surface area contributed by atoms with E-state index in [-0.39, 0.29) is 12.4 Å². The Morgan fingerprint density at radius 1 is 1.44 bits per heavy atom. The molecule has 1 rings (SSSR count). The van der Waals surface area contributed by atoms with Crippen LogP contribution in [0.1, 0.15) is 5.56 Å². The van der Waals surface area contributed by atoms with Crippen LogP contribution in [-0.2, 0) is 0 Å². The fourth-order valence-electron chi connectivity index (χ4n) is 0.463. The molecule has 0 saturated carbocycles. The molecule has 0 aromatic heterocycles. The molecule has 1 radical (unpaired) electrons. The molecule has 0 bridgehead atoms. The van der Waals surface area contributed by atoms with Crippen molar-refractivity contribution in [3.8, 4) is 6.07 Å². The van der Waals surface area contributed by atoms with E-state index >= 15 is 0 Å². The monoisotopic (exact) mass is 138 g/mol. The van der Waals surface area contributed by atoms with Gasteiger partial charge in [0.2, 0.25) is 0 Å². The molecular weight excluding hydrogens is 134 g/mol. The molecule has 0 unspecified atom stereocenters. The zero-order valence-corrected chi connectivity index (χ0v) is 5.48. The Morgan fingerprint density at radius 3 is 2.56 bits per heavy atom. The van der Waals surface area contributed by atoms with Gasteiger partial charge in [0.1, 0.15) is 0 Å². The normalized spacial score (nSPS) is 7.00. The first-order valence-electron chi connectivity index (χ1n) is 2.30. The highest BCUT2D eigenvalue weighted by Gasteiger charge is 1.80. The average molecular weight is 139 g/mol. The third-order valence-electron chi connectivity index (χ3n) is 0.830. The molecule has 0 aliphatic carbocycles. The molecule has 0 saturated heterocycles. The molecule has 0 atom stereocenters. The van der Waals surface area contributed by atoms with Crippen LogP contribution in [0.5, 0.6) is 0 Å². The van der Waals surface area contributed by atoms with Crippen LogP contribution in [0.25, 0.3) is 0 Å². The van der Waals surface area contributed by atoms with E-state index in [0.29, 0.717) is 5.56 Å². The fraction of sp³-hybridized carbons (Fsp3) is 0. The molecule has 0 N–H and O–H groups in total. The number of nitrogens with zero attached hydrogens (tertiary/aromatic N) is 1. The summed E-state index contributed by atoms with van der Waals surface area (Å²) >= 11 is 0. The van der Waals surface area contributed by atoms with E-state index in [1.807, 2.05) is 18.2 Å². The van der Waals surface area contributed by atoms with Gasteiger partial charge in [0.05, 0.1) is 11.6 Å². The van der Waals surface area contributed by atoms with Crippen LogP contribution in [0.4, 0.5) is 0 Å². The molecule has 0 amide bonds. The van der Waals surface area contributed by atoms with E-state index in [1.165, 1.54) is 0 Å². The standard InChI is InChI=1S/C7H4N.ClH/c8-6-7-4-2-1-3-5-7;/h1-4H;1H. The highest BCUT2D eigenvalue weighted by Crippen LogP contribution is 1.91. The fourth-order valence-corrected chi connectivity index (χ4v) is 0.463. The molecule has 2 heteroatoms. The van der Waals surface area contributed by atoms with Crippen molar-refractivity contribution >= 4 is 12.4 Å². The first kappa shape index (κ1) is 8.00. The molecule has 0 fully saturated rings. The van der Waals surface area contributed by atoms with Gasteiger partial charge in [0, 0.05) is 6.07 Å². The van der Waals surface area contributed by atoms with Crippen molar-refractivity contribution in [2.24, 2.45) is 0 Å². The average Bonchev–Trinajstić information content (AvgIpc) is 1.90. The predicted molar refractivity (Wildman–Crippen MR) is 37.2 cm³/mol. The van der Waals surface area contributed by atoms with E-state index in [2.05, 4.69) is 6.07 Å². The Bertz CT molecular complexity index is 200. The van der Waals surface area contributed by atoms with E-state index in [4.69, 9.17) is 5.26 Å². The summed E-state index contributed by atoms with van der Waals surface area (Å²) in [6.07, 6.45) is 0. The zero-order valence-electron chi connectivity index (χ0n) is 4.66. The summed E-state index contributed by atoms with van der Waals surface area (Å²) in [5, 5.41) is 8.26. The van der Waals surface area contributed by atoms with E-state index in [0.717, 1.165) is 0 Å². The molecule has 0 spiro atoms. The largest absolute Gasteiger partial charge is 0.192 e. The van der Waals surface area contributed by atoms with Crippen molar-refractivity contribution in [1.29, 1.82) is 5.26 Å². The van der Waals surface area contributed by atoms with Gasteiger partial charge in [-0.3, -0.25) is 0 Å². The van der Waals surface area contributed by atoms with Gasteiger partial charge >= 0.3 is 0 Å². The Hall–Kier alpha value is -1.00. The highest BCUT2D eigenvalue weighted by molar-refractivity contribution is 5.85. The van der Waals surface area contributed by atoms with Gasteiger partial charge in [0.15, 0.2) is 0 Å². The van der Waals surface area contributed by atoms with Gasteiger partial charge in [-0.25, -0.2) is 0 Å². The van der Waals surface area contributed by atoms with E-state index < -0.39 is 0 Å². The van der Waals surface area contributed by atoms with Crippen molar-refractivity contribution in [1.82, 2.24) is 0 Å². The lowest BCUT2D eigenvalue weighted by Gasteiger charge is -1.79. The summed E-state index contributed by atoms with van der Waals surface area (Å²) in [4.78, 5) is 0. The topological polar surface area (TPSA) is 23.8 Å². The maximum absolute atomic E-state index is 8.26. The molecular formula is C7H5ClN. The van der Waals surface area contributed by atoms with Gasteiger partial charge in [-0.05, 0) is 6.07 Å². The Labute approximate surface area is 60.3 Å². The Morgan fingerprint density at radius 2 is 2.22 bits per heavy atom. The lowest BCUT2D eigenvalue weighted by molar-refractivity contribution is 1.48. The molecule has 0 aliphatic heterocycles. The molecule has 0 heterocycles. The molecule has 1 aromatic carbocycles. The number of hydrogen-bond acceptors (Lipinski definition) is 1. The number of rotatable bonds is 0. The highest BCUT2D eigenvalue weighted by atomic mass is 35.5. The van der Waals surface area contributed by atoms with Crippen molar-refractivity contribution in [2.75, 3.05) is 0 Å². The summed E-state index contributed by atoms with van der Waals surface area (Å²) in [6.45, 7) is 0. The van der Waals surface area contributed by atoms with Gasteiger partial charge in [-0.2, -0.15) is 5.26 Å². The van der Waals surface area contributed by atoms with Crippen LogP contribution < -0.4 is 0 Å². The number of hydrogen-bond donors (Lipinski definition) is 0. The summed E-state index contributed by atoms with van der Waals surface area (Å²) in [6, 6.07) is 11.8.